The van der Waals surface area contributed by atoms with Crippen LogP contribution in [-0.4, -0.2) is 13.7 Å². The summed E-state index contributed by atoms with van der Waals surface area (Å²) in [6.45, 7) is 0.664. The highest BCUT2D eigenvalue weighted by atomic mass is 19.2. The van der Waals surface area contributed by atoms with Crippen molar-refractivity contribution in [1.82, 2.24) is 0 Å². The van der Waals surface area contributed by atoms with Crippen LogP contribution < -0.4 is 5.73 Å². The molecule has 90 valence electrons. The van der Waals surface area contributed by atoms with Crippen molar-refractivity contribution in [3.8, 4) is 0 Å². The maximum Gasteiger partial charge on any atom is 0.164 e. The Bertz CT molecular complexity index is 342. The highest BCUT2D eigenvalue weighted by Crippen LogP contribution is 2.18. The summed E-state index contributed by atoms with van der Waals surface area (Å²) >= 11 is 0. The lowest BCUT2D eigenvalue weighted by Crippen LogP contribution is -2.03. The molecule has 2 nitrogen and oxygen atoms in total. The van der Waals surface area contributed by atoms with Gasteiger partial charge in [0.2, 0.25) is 0 Å². The monoisotopic (exact) mass is 229 g/mol. The van der Waals surface area contributed by atoms with Crippen molar-refractivity contribution >= 4 is 0 Å². The van der Waals surface area contributed by atoms with Gasteiger partial charge in [-0.2, -0.15) is 0 Å². The molecule has 0 saturated heterocycles. The van der Waals surface area contributed by atoms with Gasteiger partial charge in [0, 0.05) is 12.7 Å². The van der Waals surface area contributed by atoms with Gasteiger partial charge in [-0.1, -0.05) is 12.1 Å². The van der Waals surface area contributed by atoms with Crippen LogP contribution >= 0.6 is 0 Å². The second-order valence-corrected chi connectivity index (χ2v) is 3.69. The largest absolute Gasteiger partial charge is 0.380 e. The van der Waals surface area contributed by atoms with E-state index < -0.39 is 11.6 Å². The van der Waals surface area contributed by atoms with E-state index in [1.807, 2.05) is 0 Å². The summed E-state index contributed by atoms with van der Waals surface area (Å²) in [7, 11) is 1.45. The molecule has 1 rings (SSSR count). The van der Waals surface area contributed by atoms with Gasteiger partial charge in [-0.25, -0.2) is 8.78 Å². The summed E-state index contributed by atoms with van der Waals surface area (Å²) in [5.74, 6) is -1.56. The molecule has 0 aliphatic rings. The average Bonchev–Trinajstić information content (AvgIpc) is 2.28. The van der Waals surface area contributed by atoms with Crippen LogP contribution in [0, 0.1) is 11.6 Å². The lowest BCUT2D eigenvalue weighted by Gasteiger charge is -2.07. The number of halogens is 2. The third-order valence-corrected chi connectivity index (χ3v) is 2.44. The van der Waals surface area contributed by atoms with Gasteiger partial charge in [0.05, 0.1) is 6.61 Å². The van der Waals surface area contributed by atoms with Crippen molar-refractivity contribution in [2.24, 2.45) is 5.73 Å². The Labute approximate surface area is 94.4 Å². The van der Waals surface area contributed by atoms with Crippen LogP contribution in [0.5, 0.6) is 0 Å². The number of aryl methyl sites for hydroxylation is 1. The third kappa shape index (κ3) is 3.25. The molecule has 0 saturated carbocycles. The summed E-state index contributed by atoms with van der Waals surface area (Å²) in [4.78, 5) is 0. The van der Waals surface area contributed by atoms with Crippen LogP contribution in [0.1, 0.15) is 24.0 Å². The molecule has 0 bridgehead atoms. The molecule has 2 N–H and O–H groups in total. The molecule has 0 unspecified atom stereocenters. The summed E-state index contributed by atoms with van der Waals surface area (Å²) in [6, 6.07) is 3.18. The standard InChI is InChI=1S/C12H17F2NO/c1-16-8-10-6-5-9(4-2-3-7-15)11(13)12(10)14/h5-6H,2-4,7-8,15H2,1H3. The van der Waals surface area contributed by atoms with Crippen molar-refractivity contribution < 1.29 is 13.5 Å². The molecule has 0 spiro atoms. The lowest BCUT2D eigenvalue weighted by molar-refractivity contribution is 0.180. The van der Waals surface area contributed by atoms with E-state index in [-0.39, 0.29) is 12.2 Å². The Hall–Kier alpha value is -1.00. The first-order valence-electron chi connectivity index (χ1n) is 5.35. The van der Waals surface area contributed by atoms with Gasteiger partial charge in [0.25, 0.3) is 0 Å². The van der Waals surface area contributed by atoms with Crippen LogP contribution in [0.25, 0.3) is 0 Å². The van der Waals surface area contributed by atoms with Crippen molar-refractivity contribution in [3.63, 3.8) is 0 Å². The number of nitrogens with two attached hydrogens (primary N) is 1. The Balaban J connectivity index is 2.76. The number of unbranched alkanes of at least 4 members (excludes halogenated alkanes) is 1. The minimum absolute atomic E-state index is 0.0891. The molecule has 0 aliphatic heterocycles. The quantitative estimate of drug-likeness (QED) is 0.760. The second-order valence-electron chi connectivity index (χ2n) is 3.69. The average molecular weight is 229 g/mol. The van der Waals surface area contributed by atoms with E-state index in [0.29, 0.717) is 18.5 Å². The first-order valence-corrected chi connectivity index (χ1v) is 5.35. The van der Waals surface area contributed by atoms with Crippen LogP contribution in [-0.2, 0) is 17.8 Å². The molecule has 0 radical (unpaired) electrons. The number of rotatable bonds is 6. The molecule has 16 heavy (non-hydrogen) atoms. The zero-order valence-corrected chi connectivity index (χ0v) is 9.43. The summed E-state index contributed by atoms with van der Waals surface area (Å²) in [5, 5.41) is 0. The normalized spacial score (nSPS) is 10.8. The number of hydrogen-bond acceptors (Lipinski definition) is 2. The predicted molar refractivity (Wildman–Crippen MR) is 59.1 cm³/mol. The minimum Gasteiger partial charge on any atom is -0.380 e. The van der Waals surface area contributed by atoms with Crippen LogP contribution in [0.3, 0.4) is 0 Å². The molecule has 1 aromatic rings. The Morgan fingerprint density at radius 1 is 1.12 bits per heavy atom. The van der Waals surface area contributed by atoms with Crippen molar-refractivity contribution in [2.45, 2.75) is 25.9 Å². The third-order valence-electron chi connectivity index (χ3n) is 2.44. The van der Waals surface area contributed by atoms with Gasteiger partial charge in [-0.3, -0.25) is 0 Å². The summed E-state index contributed by atoms with van der Waals surface area (Å²) in [6.07, 6.45) is 2.12. The van der Waals surface area contributed by atoms with Gasteiger partial charge in [0.1, 0.15) is 0 Å². The molecule has 0 fully saturated rings. The van der Waals surface area contributed by atoms with Gasteiger partial charge in [-0.15, -0.1) is 0 Å². The summed E-state index contributed by atoms with van der Waals surface area (Å²) < 4.78 is 31.8. The van der Waals surface area contributed by atoms with Crippen molar-refractivity contribution in [3.05, 3.63) is 34.9 Å². The fraction of sp³-hybridized carbons (Fsp3) is 0.500. The molecule has 0 heterocycles. The smallest absolute Gasteiger partial charge is 0.164 e. The Kier molecular flexibility index (Phi) is 5.35. The van der Waals surface area contributed by atoms with E-state index >= 15 is 0 Å². The van der Waals surface area contributed by atoms with E-state index in [2.05, 4.69) is 0 Å². The molecule has 1 aromatic carbocycles. The first-order chi connectivity index (χ1) is 7.70. The van der Waals surface area contributed by atoms with Gasteiger partial charge in [0.15, 0.2) is 11.6 Å². The van der Waals surface area contributed by atoms with E-state index in [4.69, 9.17) is 10.5 Å². The fourth-order valence-electron chi connectivity index (χ4n) is 1.55. The molecule has 0 aromatic heterocycles. The number of methoxy groups -OCH3 is 1. The van der Waals surface area contributed by atoms with Gasteiger partial charge < -0.3 is 10.5 Å². The number of hydrogen-bond donors (Lipinski definition) is 1. The molecular weight excluding hydrogens is 212 g/mol. The molecule has 0 aliphatic carbocycles. The van der Waals surface area contributed by atoms with E-state index in [9.17, 15) is 8.78 Å². The second kappa shape index (κ2) is 6.55. The topological polar surface area (TPSA) is 35.2 Å². The van der Waals surface area contributed by atoms with E-state index in [1.165, 1.54) is 7.11 Å². The molecular formula is C12H17F2NO. The van der Waals surface area contributed by atoms with E-state index in [0.717, 1.165) is 12.8 Å². The molecule has 4 heteroatoms. The highest BCUT2D eigenvalue weighted by Gasteiger charge is 2.12. The van der Waals surface area contributed by atoms with Crippen molar-refractivity contribution in [1.29, 1.82) is 0 Å². The number of benzene rings is 1. The molecule has 0 atom stereocenters. The van der Waals surface area contributed by atoms with Crippen LogP contribution in [0.15, 0.2) is 12.1 Å². The highest BCUT2D eigenvalue weighted by molar-refractivity contribution is 5.26. The van der Waals surface area contributed by atoms with Crippen LogP contribution in [0.4, 0.5) is 8.78 Å². The predicted octanol–water partition coefficient (Wildman–Crippen LogP) is 2.39. The first kappa shape index (κ1) is 13.1. The zero-order valence-electron chi connectivity index (χ0n) is 9.43. The van der Waals surface area contributed by atoms with Gasteiger partial charge >= 0.3 is 0 Å². The van der Waals surface area contributed by atoms with E-state index in [1.54, 1.807) is 12.1 Å². The maximum absolute atomic E-state index is 13.6. The van der Waals surface area contributed by atoms with Gasteiger partial charge in [-0.05, 0) is 31.4 Å². The fourth-order valence-corrected chi connectivity index (χ4v) is 1.55. The minimum atomic E-state index is -0.799. The maximum atomic E-state index is 13.6. The Morgan fingerprint density at radius 2 is 1.75 bits per heavy atom. The summed E-state index contributed by atoms with van der Waals surface area (Å²) in [5.41, 5.74) is 6.00. The van der Waals surface area contributed by atoms with Crippen molar-refractivity contribution in [2.75, 3.05) is 13.7 Å². The van der Waals surface area contributed by atoms with Crippen LogP contribution in [0.2, 0.25) is 0 Å². The number of ether oxygens (including phenoxy) is 1. The SMILES string of the molecule is COCc1ccc(CCCCN)c(F)c1F. The molecule has 0 amide bonds. The zero-order chi connectivity index (χ0) is 12.0. The Morgan fingerprint density at radius 3 is 2.38 bits per heavy atom. The lowest BCUT2D eigenvalue weighted by atomic mass is 10.0.